The van der Waals surface area contributed by atoms with E-state index < -0.39 is 12.0 Å². The van der Waals surface area contributed by atoms with E-state index in [1.54, 1.807) is 6.92 Å². The molecule has 9 nitrogen and oxygen atoms in total. The van der Waals surface area contributed by atoms with E-state index in [0.717, 1.165) is 0 Å². The molecule has 130 valence electrons. The topological polar surface area (TPSA) is 114 Å². The zero-order valence-electron chi connectivity index (χ0n) is 13.2. The summed E-state index contributed by atoms with van der Waals surface area (Å²) in [6, 6.07) is 0. The molecule has 24 heavy (non-hydrogen) atoms. The van der Waals surface area contributed by atoms with E-state index in [0.29, 0.717) is 33.0 Å². The van der Waals surface area contributed by atoms with Gasteiger partial charge >= 0.3 is 0 Å². The highest BCUT2D eigenvalue weighted by atomic mass is 79.9. The number of nitrogens with one attached hydrogen (secondary N) is 1. The van der Waals surface area contributed by atoms with Crippen LogP contribution in [0.3, 0.4) is 0 Å². The summed E-state index contributed by atoms with van der Waals surface area (Å²) in [7, 11) is 3.00. The van der Waals surface area contributed by atoms with Crippen LogP contribution < -0.4 is 30.2 Å². The van der Waals surface area contributed by atoms with Gasteiger partial charge in [-0.2, -0.15) is 0 Å². The van der Waals surface area contributed by atoms with E-state index in [2.05, 4.69) is 26.5 Å². The second kappa shape index (κ2) is 6.36. The van der Waals surface area contributed by atoms with Gasteiger partial charge in [0.15, 0.2) is 23.3 Å². The van der Waals surface area contributed by atoms with Crippen LogP contribution in [0.4, 0.5) is 0 Å². The van der Waals surface area contributed by atoms with Crippen molar-refractivity contribution in [3.63, 3.8) is 0 Å². The van der Waals surface area contributed by atoms with E-state index in [9.17, 15) is 4.79 Å². The maximum atomic E-state index is 11.8. The molecule has 0 saturated carbocycles. The Morgan fingerprint density at radius 2 is 1.96 bits per heavy atom. The molecule has 1 aromatic carbocycles. The van der Waals surface area contributed by atoms with Crippen LogP contribution in [0.2, 0.25) is 0 Å². The molecular formula is C14H16BrN3O6. The quantitative estimate of drug-likeness (QED) is 0.443. The van der Waals surface area contributed by atoms with Gasteiger partial charge in [0, 0.05) is 0 Å². The summed E-state index contributed by atoms with van der Waals surface area (Å²) in [5.74, 6) is 6.02. The van der Waals surface area contributed by atoms with Crippen molar-refractivity contribution in [1.82, 2.24) is 5.43 Å². The first-order valence-electron chi connectivity index (χ1n) is 7.02. The largest absolute Gasteiger partial charge is 0.492 e. The lowest BCUT2D eigenvalue weighted by Crippen LogP contribution is -2.38. The number of amides is 1. The molecule has 2 atom stereocenters. The molecular weight excluding hydrogens is 386 g/mol. The third-order valence-electron chi connectivity index (χ3n) is 3.91. The standard InChI is InChI=1S/C14H16BrN3O6/c1-5-8(14(19)17-16)18-24-9(5)6-7(15)11-13(23-4-22-11)12(21-3)10(6)20-2/h5,9H,4,16H2,1-3H3,(H,17,19). The van der Waals surface area contributed by atoms with Crippen LogP contribution >= 0.6 is 15.9 Å². The number of nitrogens with zero attached hydrogens (tertiary/aromatic N) is 1. The Kier molecular flexibility index (Phi) is 4.41. The second-order valence-electron chi connectivity index (χ2n) is 5.12. The number of carbonyl (C=O) groups excluding carboxylic acids is 1. The van der Waals surface area contributed by atoms with Gasteiger partial charge in [0.05, 0.1) is 30.2 Å². The number of hydrazine groups is 1. The molecule has 2 unspecified atom stereocenters. The number of oxime groups is 1. The zero-order chi connectivity index (χ0) is 17.4. The summed E-state index contributed by atoms with van der Waals surface area (Å²) in [5, 5.41) is 3.85. The lowest BCUT2D eigenvalue weighted by molar-refractivity contribution is -0.115. The van der Waals surface area contributed by atoms with E-state index >= 15 is 0 Å². The smallest absolute Gasteiger partial charge is 0.283 e. The van der Waals surface area contributed by atoms with Crippen molar-refractivity contribution in [2.75, 3.05) is 21.0 Å². The molecule has 0 saturated heterocycles. The first-order chi connectivity index (χ1) is 11.5. The molecule has 1 amide bonds. The SMILES string of the molecule is COc1c2c(c(Br)c(C3ON=C(C(=O)NN)C3C)c1OC)OCO2. The number of halogens is 1. The highest BCUT2D eigenvalue weighted by molar-refractivity contribution is 9.10. The number of benzene rings is 1. The summed E-state index contributed by atoms with van der Waals surface area (Å²) in [4.78, 5) is 17.3. The Morgan fingerprint density at radius 3 is 2.58 bits per heavy atom. The zero-order valence-corrected chi connectivity index (χ0v) is 14.8. The molecule has 3 N–H and O–H groups in total. The molecule has 10 heteroatoms. The molecule has 2 aliphatic rings. The number of carbonyl (C=O) groups is 1. The molecule has 0 aliphatic carbocycles. The van der Waals surface area contributed by atoms with Crippen LogP contribution in [0, 0.1) is 5.92 Å². The fraction of sp³-hybridized carbons (Fsp3) is 0.429. The first-order valence-corrected chi connectivity index (χ1v) is 7.82. The van der Waals surface area contributed by atoms with Crippen LogP contribution in [0.15, 0.2) is 9.63 Å². The van der Waals surface area contributed by atoms with Crippen LogP contribution in [-0.4, -0.2) is 32.6 Å². The third-order valence-corrected chi connectivity index (χ3v) is 4.70. The summed E-state index contributed by atoms with van der Waals surface area (Å²) in [6.45, 7) is 1.87. The first kappa shape index (κ1) is 16.7. The number of hydrogen-bond acceptors (Lipinski definition) is 8. The monoisotopic (exact) mass is 401 g/mol. The molecule has 2 aliphatic heterocycles. The fourth-order valence-corrected chi connectivity index (χ4v) is 3.46. The van der Waals surface area contributed by atoms with Gasteiger partial charge in [-0.25, -0.2) is 5.84 Å². The highest BCUT2D eigenvalue weighted by Gasteiger charge is 2.42. The summed E-state index contributed by atoms with van der Waals surface area (Å²) < 4.78 is 22.5. The molecule has 0 fully saturated rings. The second-order valence-corrected chi connectivity index (χ2v) is 5.92. The summed E-state index contributed by atoms with van der Waals surface area (Å²) in [6.07, 6.45) is -0.593. The molecule has 0 aromatic heterocycles. The summed E-state index contributed by atoms with van der Waals surface area (Å²) in [5.41, 5.74) is 2.85. The molecule has 0 radical (unpaired) electrons. The maximum Gasteiger partial charge on any atom is 0.283 e. The van der Waals surface area contributed by atoms with E-state index in [4.69, 9.17) is 29.6 Å². The van der Waals surface area contributed by atoms with Crippen molar-refractivity contribution >= 4 is 27.5 Å². The van der Waals surface area contributed by atoms with Crippen LogP contribution in [0.25, 0.3) is 0 Å². The van der Waals surface area contributed by atoms with Gasteiger partial charge in [-0.15, -0.1) is 0 Å². The number of hydrogen-bond donors (Lipinski definition) is 2. The Labute approximate surface area is 146 Å². The minimum atomic E-state index is -0.593. The predicted octanol–water partition coefficient (Wildman–Crippen LogP) is 1.25. The average Bonchev–Trinajstić information content (AvgIpc) is 3.21. The fourth-order valence-electron chi connectivity index (χ4n) is 2.76. The third kappa shape index (κ3) is 2.33. The molecule has 0 bridgehead atoms. The Hall–Kier alpha value is -2.20. The highest BCUT2D eigenvalue weighted by Crippen LogP contribution is 2.57. The van der Waals surface area contributed by atoms with Gasteiger partial charge in [-0.1, -0.05) is 12.1 Å². The van der Waals surface area contributed by atoms with E-state index in [1.807, 2.05) is 0 Å². The lowest BCUT2D eigenvalue weighted by atomic mass is 9.92. The normalized spacial score (nSPS) is 21.1. The number of nitrogens with two attached hydrogens (primary N) is 1. The van der Waals surface area contributed by atoms with Gasteiger partial charge in [0.2, 0.25) is 18.3 Å². The number of methoxy groups -OCH3 is 2. The maximum absolute atomic E-state index is 11.8. The van der Waals surface area contributed by atoms with Crippen molar-refractivity contribution in [2.24, 2.45) is 16.9 Å². The van der Waals surface area contributed by atoms with Gasteiger partial charge in [0.25, 0.3) is 5.91 Å². The Morgan fingerprint density at radius 1 is 1.29 bits per heavy atom. The number of fused-ring (bicyclic) bond motifs is 1. The van der Waals surface area contributed by atoms with Crippen molar-refractivity contribution in [1.29, 1.82) is 0 Å². The van der Waals surface area contributed by atoms with Crippen molar-refractivity contribution in [3.8, 4) is 23.0 Å². The van der Waals surface area contributed by atoms with Gasteiger partial charge in [-0.05, 0) is 15.9 Å². The summed E-state index contributed by atoms with van der Waals surface area (Å²) >= 11 is 3.50. The van der Waals surface area contributed by atoms with Crippen molar-refractivity contribution in [2.45, 2.75) is 13.0 Å². The Bertz CT molecular complexity index is 723. The number of ether oxygens (including phenoxy) is 4. The van der Waals surface area contributed by atoms with Crippen LogP contribution in [0.5, 0.6) is 23.0 Å². The van der Waals surface area contributed by atoms with Gasteiger partial charge < -0.3 is 23.8 Å². The van der Waals surface area contributed by atoms with Crippen LogP contribution in [-0.2, 0) is 9.63 Å². The van der Waals surface area contributed by atoms with Gasteiger partial charge in [0.1, 0.15) is 0 Å². The van der Waals surface area contributed by atoms with Crippen molar-refractivity contribution < 1.29 is 28.6 Å². The molecule has 2 heterocycles. The average molecular weight is 402 g/mol. The van der Waals surface area contributed by atoms with E-state index in [1.165, 1.54) is 14.2 Å². The number of rotatable bonds is 4. The molecule has 1 aromatic rings. The Balaban J connectivity index is 2.11. The van der Waals surface area contributed by atoms with E-state index in [-0.39, 0.29) is 18.4 Å². The van der Waals surface area contributed by atoms with Crippen LogP contribution in [0.1, 0.15) is 18.6 Å². The predicted molar refractivity (Wildman–Crippen MR) is 86.1 cm³/mol. The lowest BCUT2D eigenvalue weighted by Gasteiger charge is -2.22. The van der Waals surface area contributed by atoms with Crippen molar-refractivity contribution in [3.05, 3.63) is 10.0 Å². The van der Waals surface area contributed by atoms with Gasteiger partial charge in [-0.3, -0.25) is 10.2 Å². The minimum Gasteiger partial charge on any atom is -0.492 e. The molecule has 0 spiro atoms. The molecule has 3 rings (SSSR count). The minimum absolute atomic E-state index is 0.0648.